The number of carboxylic acid groups (broad SMARTS) is 1. The highest BCUT2D eigenvalue weighted by atomic mass is 35.5. The van der Waals surface area contributed by atoms with Gasteiger partial charge in [-0.15, -0.1) is 0 Å². The van der Waals surface area contributed by atoms with Crippen LogP contribution in [0.2, 0.25) is 5.02 Å². The van der Waals surface area contributed by atoms with Crippen LogP contribution in [0.3, 0.4) is 0 Å². The number of rotatable bonds is 9. The largest absolute Gasteiger partial charge is 0.497 e. The number of carboxylic acids is 1. The van der Waals surface area contributed by atoms with E-state index in [9.17, 15) is 14.7 Å². The van der Waals surface area contributed by atoms with Gasteiger partial charge in [0, 0.05) is 18.7 Å². The Labute approximate surface area is 208 Å². The van der Waals surface area contributed by atoms with Crippen molar-refractivity contribution < 1.29 is 19.4 Å². The van der Waals surface area contributed by atoms with E-state index in [1.807, 2.05) is 54.6 Å². The van der Waals surface area contributed by atoms with Crippen molar-refractivity contribution in [3.8, 4) is 5.75 Å². The monoisotopic (exact) mass is 489 g/mol. The lowest BCUT2D eigenvalue weighted by Crippen LogP contribution is -2.27. The zero-order valence-corrected chi connectivity index (χ0v) is 19.8. The molecule has 8 heteroatoms. The number of hydrazone groups is 1. The molecule has 35 heavy (non-hydrogen) atoms. The minimum absolute atomic E-state index is 0.173. The van der Waals surface area contributed by atoms with Crippen LogP contribution in [0.15, 0.2) is 95.2 Å². The molecule has 0 aromatic heterocycles. The Kier molecular flexibility index (Phi) is 7.48. The molecule has 178 valence electrons. The second-order valence-electron chi connectivity index (χ2n) is 7.90. The normalized spacial score (nSPS) is 14.5. The van der Waals surface area contributed by atoms with Crippen molar-refractivity contribution in [2.24, 2.45) is 5.10 Å². The van der Waals surface area contributed by atoms with Crippen LogP contribution in [-0.4, -0.2) is 29.8 Å². The Hall–Kier alpha value is -4.10. The van der Waals surface area contributed by atoms with Gasteiger partial charge in [0.2, 0.25) is 0 Å². The predicted octanol–water partition coefficient (Wildman–Crippen LogP) is 4.81. The van der Waals surface area contributed by atoms with Crippen LogP contribution in [0.5, 0.6) is 5.75 Å². The molecule has 0 saturated carbocycles. The first-order valence-electron chi connectivity index (χ1n) is 11.0. The summed E-state index contributed by atoms with van der Waals surface area (Å²) < 4.78 is 5.25. The molecule has 0 spiro atoms. The molecule has 0 radical (unpaired) electrons. The van der Waals surface area contributed by atoms with E-state index in [2.05, 4.69) is 10.4 Å². The molecule has 1 aliphatic rings. The second kappa shape index (κ2) is 10.9. The molecule has 3 aromatic rings. The fourth-order valence-corrected chi connectivity index (χ4v) is 4.01. The van der Waals surface area contributed by atoms with E-state index in [0.717, 1.165) is 16.9 Å². The molecule has 4 rings (SSSR count). The van der Waals surface area contributed by atoms with E-state index in [0.29, 0.717) is 29.4 Å². The Morgan fingerprint density at radius 2 is 1.66 bits per heavy atom. The summed E-state index contributed by atoms with van der Waals surface area (Å²) in [5.41, 5.74) is 3.33. The van der Waals surface area contributed by atoms with Gasteiger partial charge in [0.15, 0.2) is 0 Å². The lowest BCUT2D eigenvalue weighted by molar-refractivity contribution is -0.135. The predicted molar refractivity (Wildman–Crippen MR) is 136 cm³/mol. The summed E-state index contributed by atoms with van der Waals surface area (Å²) in [7, 11) is 1.60. The van der Waals surface area contributed by atoms with Crippen molar-refractivity contribution in [3.63, 3.8) is 0 Å². The molecule has 1 amide bonds. The van der Waals surface area contributed by atoms with Crippen LogP contribution in [0.1, 0.15) is 17.5 Å². The molecular formula is C27H24ClN3O4. The van der Waals surface area contributed by atoms with Crippen LogP contribution in [-0.2, 0) is 22.6 Å². The maximum atomic E-state index is 13.6. The lowest BCUT2D eigenvalue weighted by atomic mass is 9.99. The maximum absolute atomic E-state index is 13.6. The number of amides is 1. The molecule has 0 atom stereocenters. The van der Waals surface area contributed by atoms with Crippen LogP contribution >= 0.6 is 11.6 Å². The summed E-state index contributed by atoms with van der Waals surface area (Å²) in [6, 6.07) is 24.1. The van der Waals surface area contributed by atoms with Crippen LogP contribution in [0, 0.1) is 0 Å². The summed E-state index contributed by atoms with van der Waals surface area (Å²) in [5.74, 6) is -0.796. The summed E-state index contributed by atoms with van der Waals surface area (Å²) >= 11 is 6.33. The Balaban J connectivity index is 1.77. The molecule has 3 aromatic carbocycles. The van der Waals surface area contributed by atoms with Gasteiger partial charge in [-0.3, -0.25) is 9.59 Å². The number of carbonyl (C=O) groups excluding carboxylic acids is 1. The Bertz CT molecular complexity index is 1290. The molecule has 0 fully saturated rings. The number of anilines is 1. The van der Waals surface area contributed by atoms with Gasteiger partial charge in [0.25, 0.3) is 5.91 Å². The SMILES string of the molecule is COc1ccc(C/C(NCc2ccccc2)=C2\C(=O)N(c3ccccc3Cl)N=C2CC(=O)O)cc1. The van der Waals surface area contributed by atoms with Gasteiger partial charge in [-0.2, -0.15) is 10.1 Å². The maximum Gasteiger partial charge on any atom is 0.309 e. The third-order valence-corrected chi connectivity index (χ3v) is 5.82. The zero-order chi connectivity index (χ0) is 24.8. The minimum atomic E-state index is -1.08. The molecule has 0 bridgehead atoms. The first kappa shape index (κ1) is 24.0. The van der Waals surface area contributed by atoms with Gasteiger partial charge >= 0.3 is 5.97 Å². The lowest BCUT2D eigenvalue weighted by Gasteiger charge is -2.17. The first-order valence-corrected chi connectivity index (χ1v) is 11.4. The van der Waals surface area contributed by atoms with Gasteiger partial charge in [0.1, 0.15) is 5.75 Å². The van der Waals surface area contributed by atoms with Crippen molar-refractivity contribution in [3.05, 3.63) is 106 Å². The number of carbonyl (C=O) groups is 2. The smallest absolute Gasteiger partial charge is 0.309 e. The molecular weight excluding hydrogens is 466 g/mol. The third kappa shape index (κ3) is 5.70. The number of methoxy groups -OCH3 is 1. The molecule has 0 unspecified atom stereocenters. The average molecular weight is 490 g/mol. The van der Waals surface area contributed by atoms with E-state index < -0.39 is 18.3 Å². The molecule has 0 saturated heterocycles. The number of hydrogen-bond acceptors (Lipinski definition) is 5. The quantitative estimate of drug-likeness (QED) is 0.421. The van der Waals surface area contributed by atoms with E-state index in [1.165, 1.54) is 5.01 Å². The summed E-state index contributed by atoms with van der Waals surface area (Å²) in [5, 5.41) is 18.8. The topological polar surface area (TPSA) is 91.2 Å². The van der Waals surface area contributed by atoms with Crippen LogP contribution in [0.4, 0.5) is 5.69 Å². The Morgan fingerprint density at radius 1 is 0.971 bits per heavy atom. The number of nitrogens with zero attached hydrogens (tertiary/aromatic N) is 2. The van der Waals surface area contributed by atoms with Gasteiger partial charge in [-0.25, -0.2) is 0 Å². The Morgan fingerprint density at radius 3 is 2.31 bits per heavy atom. The fourth-order valence-electron chi connectivity index (χ4n) is 3.79. The standard InChI is InChI=1S/C27H24ClN3O4/c1-35-20-13-11-18(12-14-20)15-22(29-17-19-7-3-2-4-8-19)26-23(16-25(32)33)30-31(27(26)34)24-10-6-5-9-21(24)28/h2-14,29H,15-17H2,1H3,(H,32,33)/b26-22+. The summed E-state index contributed by atoms with van der Waals surface area (Å²) in [4.78, 5) is 25.3. The van der Waals surface area contributed by atoms with Gasteiger partial charge in [-0.05, 0) is 35.4 Å². The molecule has 7 nitrogen and oxygen atoms in total. The number of aliphatic carboxylic acids is 1. The second-order valence-corrected chi connectivity index (χ2v) is 8.31. The number of halogens is 1. The average Bonchev–Trinajstić information content (AvgIpc) is 3.17. The number of benzene rings is 3. The van der Waals surface area contributed by atoms with Gasteiger partial charge in [0.05, 0.1) is 35.5 Å². The van der Waals surface area contributed by atoms with Crippen molar-refractivity contribution in [2.75, 3.05) is 12.1 Å². The number of para-hydroxylation sites is 1. The van der Waals surface area contributed by atoms with Gasteiger partial charge in [-0.1, -0.05) is 66.2 Å². The highest BCUT2D eigenvalue weighted by molar-refractivity contribution is 6.37. The van der Waals surface area contributed by atoms with E-state index in [-0.39, 0.29) is 11.3 Å². The molecule has 1 aliphatic heterocycles. The molecule has 1 heterocycles. The van der Waals surface area contributed by atoms with E-state index >= 15 is 0 Å². The van der Waals surface area contributed by atoms with Crippen LogP contribution < -0.4 is 15.1 Å². The van der Waals surface area contributed by atoms with Crippen LogP contribution in [0.25, 0.3) is 0 Å². The van der Waals surface area contributed by atoms with Crippen molar-refractivity contribution in [1.29, 1.82) is 0 Å². The van der Waals surface area contributed by atoms with E-state index in [4.69, 9.17) is 16.3 Å². The summed E-state index contributed by atoms with van der Waals surface area (Å²) in [6.07, 6.45) is -0.0337. The van der Waals surface area contributed by atoms with Crippen molar-refractivity contribution in [2.45, 2.75) is 19.4 Å². The highest BCUT2D eigenvalue weighted by Crippen LogP contribution is 2.32. The zero-order valence-electron chi connectivity index (χ0n) is 19.1. The van der Waals surface area contributed by atoms with Gasteiger partial charge < -0.3 is 15.2 Å². The first-order chi connectivity index (χ1) is 17.0. The highest BCUT2D eigenvalue weighted by Gasteiger charge is 2.35. The molecule has 0 aliphatic carbocycles. The number of allylic oxidation sites excluding steroid dienone is 1. The number of ether oxygens (including phenoxy) is 1. The van der Waals surface area contributed by atoms with Crippen molar-refractivity contribution in [1.82, 2.24) is 5.32 Å². The third-order valence-electron chi connectivity index (χ3n) is 5.51. The van der Waals surface area contributed by atoms with E-state index in [1.54, 1.807) is 31.4 Å². The number of nitrogens with one attached hydrogen (secondary N) is 1. The summed E-state index contributed by atoms with van der Waals surface area (Å²) in [6.45, 7) is 0.454. The fraction of sp³-hybridized carbons (Fsp3) is 0.148. The number of hydrogen-bond donors (Lipinski definition) is 2. The van der Waals surface area contributed by atoms with Crippen molar-refractivity contribution >= 4 is 34.9 Å². The minimum Gasteiger partial charge on any atom is -0.497 e. The molecule has 2 N–H and O–H groups in total.